The molecule has 0 bridgehead atoms. The first-order chi connectivity index (χ1) is 14.5. The molecule has 1 aliphatic heterocycles. The van der Waals surface area contributed by atoms with Crippen molar-refractivity contribution in [2.75, 3.05) is 5.48 Å². The second kappa shape index (κ2) is 8.73. The van der Waals surface area contributed by atoms with Gasteiger partial charge in [-0.25, -0.2) is 5.01 Å². The molecule has 1 aliphatic rings. The molecule has 2 aromatic carbocycles. The number of carbonyl (C=O) groups excluding carboxylic acids is 2. The van der Waals surface area contributed by atoms with Gasteiger partial charge in [0.1, 0.15) is 0 Å². The van der Waals surface area contributed by atoms with Crippen LogP contribution in [0, 0.1) is 19.3 Å². The number of nitrogens with zero attached hydrogens (tertiary/aromatic N) is 1. The minimum absolute atomic E-state index is 0.220. The van der Waals surface area contributed by atoms with E-state index < -0.39 is 13.0 Å². The van der Waals surface area contributed by atoms with Crippen molar-refractivity contribution in [1.29, 1.82) is 0 Å². The molecule has 1 atom stereocenters. The highest BCUT2D eigenvalue weighted by Gasteiger charge is 2.35. The molecule has 31 heavy (non-hydrogen) atoms. The Morgan fingerprint density at radius 2 is 1.77 bits per heavy atom. The Bertz CT molecular complexity index is 983. The molecule has 0 aliphatic carbocycles. The lowest BCUT2D eigenvalue weighted by atomic mass is 9.80. The van der Waals surface area contributed by atoms with Gasteiger partial charge in [0, 0.05) is 16.6 Å². The predicted octanol–water partition coefficient (Wildman–Crippen LogP) is 2.96. The maximum Gasteiger partial charge on any atom is 0.516 e. The molecule has 8 heteroatoms. The number of hydrogen-bond acceptors (Lipinski definition) is 5. The van der Waals surface area contributed by atoms with E-state index in [9.17, 15) is 14.6 Å². The number of anilines is 1. The second-order valence-corrected chi connectivity index (χ2v) is 9.16. The van der Waals surface area contributed by atoms with Crippen molar-refractivity contribution in [2.45, 2.75) is 54.0 Å². The van der Waals surface area contributed by atoms with Crippen LogP contribution in [0.5, 0.6) is 0 Å². The molecule has 0 saturated heterocycles. The zero-order chi connectivity index (χ0) is 22.9. The standard InChI is InChI=1S/C23H30BN3O4/c1-7-20(23(4,5)6)27(22(29)17-11-14(2)10-15(3)12-17)25-21(28)16-8-9-18-19(13-16)26-31-24(18)30/h8-13,20,26,30H,7H2,1-6H3,(H,25,28)/t20-/m1/s1. The molecule has 0 fully saturated rings. The molecule has 3 rings (SSSR count). The van der Waals surface area contributed by atoms with Crippen molar-refractivity contribution < 1.29 is 19.4 Å². The highest BCUT2D eigenvalue weighted by atomic mass is 16.7. The Hall–Kier alpha value is -2.84. The van der Waals surface area contributed by atoms with Crippen LogP contribution in [0.3, 0.4) is 0 Å². The first kappa shape index (κ1) is 22.8. The summed E-state index contributed by atoms with van der Waals surface area (Å²) in [4.78, 5) is 26.7. The van der Waals surface area contributed by atoms with E-state index in [-0.39, 0.29) is 17.4 Å². The maximum absolute atomic E-state index is 13.5. The predicted molar refractivity (Wildman–Crippen MR) is 122 cm³/mol. The Balaban J connectivity index is 1.95. The molecule has 0 spiro atoms. The van der Waals surface area contributed by atoms with Crippen molar-refractivity contribution in [2.24, 2.45) is 5.41 Å². The van der Waals surface area contributed by atoms with Gasteiger partial charge >= 0.3 is 7.12 Å². The summed E-state index contributed by atoms with van der Waals surface area (Å²) in [6, 6.07) is 10.3. The number of benzene rings is 2. The van der Waals surface area contributed by atoms with Crippen molar-refractivity contribution in [3.8, 4) is 0 Å². The smallest absolute Gasteiger partial charge is 0.422 e. The summed E-state index contributed by atoms with van der Waals surface area (Å²) in [6.07, 6.45) is 0.673. The molecule has 3 N–H and O–H groups in total. The normalized spacial score (nSPS) is 14.0. The van der Waals surface area contributed by atoms with Crippen LogP contribution in [0.2, 0.25) is 0 Å². The maximum atomic E-state index is 13.5. The number of fused-ring (bicyclic) bond motifs is 1. The van der Waals surface area contributed by atoms with Crippen molar-refractivity contribution in [3.05, 3.63) is 58.7 Å². The van der Waals surface area contributed by atoms with Gasteiger partial charge < -0.3 is 5.02 Å². The molecular formula is C23H30BN3O4. The summed E-state index contributed by atoms with van der Waals surface area (Å²) in [5, 5.41) is 11.2. The molecule has 0 radical (unpaired) electrons. The Morgan fingerprint density at radius 1 is 1.13 bits per heavy atom. The summed E-state index contributed by atoms with van der Waals surface area (Å²) in [5.41, 5.74) is 9.14. The van der Waals surface area contributed by atoms with Crippen LogP contribution in [0.4, 0.5) is 5.69 Å². The lowest BCUT2D eigenvalue weighted by molar-refractivity contribution is 0.0285. The van der Waals surface area contributed by atoms with E-state index in [1.807, 2.05) is 59.7 Å². The summed E-state index contributed by atoms with van der Waals surface area (Å²) in [7, 11) is -1.07. The summed E-state index contributed by atoms with van der Waals surface area (Å²) in [6.45, 7) is 12.0. The molecule has 164 valence electrons. The largest absolute Gasteiger partial charge is 0.516 e. The van der Waals surface area contributed by atoms with E-state index in [2.05, 4.69) is 10.9 Å². The van der Waals surface area contributed by atoms with E-state index in [1.54, 1.807) is 18.2 Å². The molecular weight excluding hydrogens is 393 g/mol. The molecule has 0 saturated carbocycles. The SMILES string of the molecule is CC[C@@H](N(NC(=O)c1ccc2c(c1)NOB2O)C(=O)c1cc(C)cc(C)c1)C(C)(C)C. The van der Waals surface area contributed by atoms with Gasteiger partial charge in [-0.05, 0) is 49.9 Å². The van der Waals surface area contributed by atoms with Crippen LogP contribution >= 0.6 is 0 Å². The number of amides is 2. The number of hydrazine groups is 1. The highest BCUT2D eigenvalue weighted by molar-refractivity contribution is 6.63. The van der Waals surface area contributed by atoms with E-state index in [0.717, 1.165) is 11.1 Å². The lowest BCUT2D eigenvalue weighted by Crippen LogP contribution is -2.56. The Morgan fingerprint density at radius 3 is 2.35 bits per heavy atom. The van der Waals surface area contributed by atoms with E-state index in [0.29, 0.717) is 28.7 Å². The quantitative estimate of drug-likeness (QED) is 0.520. The van der Waals surface area contributed by atoms with Gasteiger partial charge in [0.05, 0.1) is 11.7 Å². The van der Waals surface area contributed by atoms with Crippen molar-refractivity contribution >= 4 is 30.1 Å². The molecule has 2 amide bonds. The highest BCUT2D eigenvalue weighted by Crippen LogP contribution is 2.28. The average Bonchev–Trinajstić information content (AvgIpc) is 3.05. The van der Waals surface area contributed by atoms with Crippen LogP contribution < -0.4 is 16.4 Å². The van der Waals surface area contributed by atoms with Crippen LogP contribution in [0.1, 0.15) is 66.0 Å². The summed E-state index contributed by atoms with van der Waals surface area (Å²) < 4.78 is 4.97. The average molecular weight is 423 g/mol. The van der Waals surface area contributed by atoms with Gasteiger partial charge in [0.15, 0.2) is 0 Å². The fourth-order valence-corrected chi connectivity index (χ4v) is 4.05. The van der Waals surface area contributed by atoms with E-state index >= 15 is 0 Å². The van der Waals surface area contributed by atoms with Crippen LogP contribution in [0.15, 0.2) is 36.4 Å². The second-order valence-electron chi connectivity index (χ2n) is 9.16. The van der Waals surface area contributed by atoms with Gasteiger partial charge in [-0.3, -0.25) is 25.3 Å². The van der Waals surface area contributed by atoms with E-state index in [1.165, 1.54) is 5.01 Å². The Kier molecular flexibility index (Phi) is 6.43. The number of carbonyl (C=O) groups is 2. The first-order valence-corrected chi connectivity index (χ1v) is 10.5. The third-order valence-electron chi connectivity index (χ3n) is 5.47. The number of hydrogen-bond donors (Lipinski definition) is 3. The summed E-state index contributed by atoms with van der Waals surface area (Å²) >= 11 is 0. The van der Waals surface area contributed by atoms with Crippen molar-refractivity contribution in [3.63, 3.8) is 0 Å². The van der Waals surface area contributed by atoms with E-state index in [4.69, 9.17) is 4.76 Å². The van der Waals surface area contributed by atoms with Gasteiger partial charge in [-0.1, -0.05) is 51.0 Å². The van der Waals surface area contributed by atoms with Crippen LogP contribution in [-0.2, 0) is 4.76 Å². The summed E-state index contributed by atoms with van der Waals surface area (Å²) in [5.74, 6) is -0.661. The molecule has 0 aromatic heterocycles. The fourth-order valence-electron chi connectivity index (χ4n) is 4.05. The van der Waals surface area contributed by atoms with Crippen molar-refractivity contribution in [1.82, 2.24) is 10.4 Å². The molecule has 0 unspecified atom stereocenters. The first-order valence-electron chi connectivity index (χ1n) is 10.5. The zero-order valence-corrected chi connectivity index (χ0v) is 18.9. The fraction of sp³-hybridized carbons (Fsp3) is 0.391. The number of nitrogens with one attached hydrogen (secondary N) is 2. The lowest BCUT2D eigenvalue weighted by Gasteiger charge is -2.39. The molecule has 1 heterocycles. The van der Waals surface area contributed by atoms with Gasteiger partial charge in [-0.15, -0.1) is 0 Å². The molecule has 7 nitrogen and oxygen atoms in total. The Labute approximate surface area is 183 Å². The molecule has 2 aromatic rings. The minimum atomic E-state index is -1.07. The van der Waals surface area contributed by atoms with Gasteiger partial charge in [0.25, 0.3) is 11.8 Å². The number of rotatable bonds is 4. The van der Waals surface area contributed by atoms with Gasteiger partial charge in [0.2, 0.25) is 0 Å². The topological polar surface area (TPSA) is 90.9 Å². The van der Waals surface area contributed by atoms with Crippen LogP contribution in [-0.4, -0.2) is 35.0 Å². The zero-order valence-electron chi connectivity index (χ0n) is 18.9. The third-order valence-corrected chi connectivity index (χ3v) is 5.47. The van der Waals surface area contributed by atoms with Crippen LogP contribution in [0.25, 0.3) is 0 Å². The monoisotopic (exact) mass is 423 g/mol. The van der Waals surface area contributed by atoms with Gasteiger partial charge in [-0.2, -0.15) is 0 Å². The number of aryl methyl sites for hydroxylation is 2. The minimum Gasteiger partial charge on any atom is -0.422 e. The third kappa shape index (κ3) is 4.91.